The molecule has 1 fully saturated rings. The van der Waals surface area contributed by atoms with E-state index in [0.29, 0.717) is 13.1 Å². The molecule has 26 heavy (non-hydrogen) atoms. The molecular formula is C17H27N3O5S. The van der Waals surface area contributed by atoms with Gasteiger partial charge in [-0.05, 0) is 25.8 Å². The van der Waals surface area contributed by atoms with Gasteiger partial charge in [-0.3, -0.25) is 4.79 Å². The highest BCUT2D eigenvalue weighted by molar-refractivity contribution is 7.89. The Kier molecular flexibility index (Phi) is 6.82. The predicted octanol–water partition coefficient (Wildman–Crippen LogP) is 1.22. The van der Waals surface area contributed by atoms with Crippen LogP contribution in [0.3, 0.4) is 0 Å². The molecule has 1 amide bonds. The van der Waals surface area contributed by atoms with E-state index in [2.05, 4.69) is 0 Å². The number of ether oxygens (including phenoxy) is 1. The largest absolute Gasteiger partial charge is 0.461 e. The van der Waals surface area contributed by atoms with Gasteiger partial charge < -0.3 is 14.2 Å². The molecular weight excluding hydrogens is 358 g/mol. The number of hydrogen-bond acceptors (Lipinski definition) is 5. The van der Waals surface area contributed by atoms with Crippen LogP contribution in [0.25, 0.3) is 0 Å². The number of amides is 1. The van der Waals surface area contributed by atoms with Crippen LogP contribution in [0.4, 0.5) is 0 Å². The van der Waals surface area contributed by atoms with Crippen molar-refractivity contribution < 1.29 is 22.7 Å². The second-order valence-electron chi connectivity index (χ2n) is 6.45. The second kappa shape index (κ2) is 8.68. The lowest BCUT2D eigenvalue weighted by Gasteiger charge is -2.23. The molecule has 1 saturated heterocycles. The molecule has 9 heteroatoms. The average molecular weight is 385 g/mol. The second-order valence-corrected chi connectivity index (χ2v) is 8.49. The Morgan fingerprint density at radius 3 is 2.38 bits per heavy atom. The molecule has 146 valence electrons. The van der Waals surface area contributed by atoms with Gasteiger partial charge in [-0.1, -0.05) is 12.8 Å². The van der Waals surface area contributed by atoms with Crippen molar-refractivity contribution in [2.75, 3.05) is 33.3 Å². The van der Waals surface area contributed by atoms with Gasteiger partial charge in [0, 0.05) is 33.4 Å². The average Bonchev–Trinajstić information content (AvgIpc) is 2.81. The lowest BCUT2D eigenvalue weighted by atomic mass is 10.2. The molecule has 0 aromatic carbocycles. The van der Waals surface area contributed by atoms with Crippen LogP contribution in [0, 0.1) is 0 Å². The third kappa shape index (κ3) is 4.64. The molecule has 8 nitrogen and oxygen atoms in total. The maximum atomic E-state index is 12.8. The van der Waals surface area contributed by atoms with Gasteiger partial charge in [-0.15, -0.1) is 0 Å². The van der Waals surface area contributed by atoms with Gasteiger partial charge in [0.25, 0.3) is 0 Å². The number of nitrogens with zero attached hydrogens (tertiary/aromatic N) is 3. The van der Waals surface area contributed by atoms with Crippen LogP contribution in [-0.2, 0) is 26.6 Å². The number of hydrogen-bond donors (Lipinski definition) is 0. The lowest BCUT2D eigenvalue weighted by molar-refractivity contribution is -0.131. The molecule has 0 N–H and O–H groups in total. The Hall–Kier alpha value is -1.87. The van der Waals surface area contributed by atoms with E-state index in [1.165, 1.54) is 23.9 Å². The SMILES string of the molecule is CCOC(=O)c1cc(S(=O)(=O)N(C)CC(=O)N2CCCCCC2)cn1C. The number of carbonyl (C=O) groups is 2. The zero-order valence-corrected chi connectivity index (χ0v) is 16.4. The van der Waals surface area contributed by atoms with E-state index < -0.39 is 16.0 Å². The highest BCUT2D eigenvalue weighted by atomic mass is 32.2. The summed E-state index contributed by atoms with van der Waals surface area (Å²) in [7, 11) is -0.921. The molecule has 0 aliphatic carbocycles. The maximum absolute atomic E-state index is 12.8. The Bertz CT molecular complexity index is 748. The lowest BCUT2D eigenvalue weighted by Crippen LogP contribution is -2.41. The van der Waals surface area contributed by atoms with E-state index in [4.69, 9.17) is 4.74 Å². The van der Waals surface area contributed by atoms with Crippen molar-refractivity contribution in [3.8, 4) is 0 Å². The van der Waals surface area contributed by atoms with Crippen molar-refractivity contribution in [2.45, 2.75) is 37.5 Å². The summed E-state index contributed by atoms with van der Waals surface area (Å²) in [6.07, 6.45) is 5.44. The fraction of sp³-hybridized carbons (Fsp3) is 0.647. The van der Waals surface area contributed by atoms with Crippen LogP contribution in [0.2, 0.25) is 0 Å². The zero-order chi connectivity index (χ0) is 19.3. The van der Waals surface area contributed by atoms with Crippen molar-refractivity contribution in [3.63, 3.8) is 0 Å². The predicted molar refractivity (Wildman–Crippen MR) is 96.2 cm³/mol. The van der Waals surface area contributed by atoms with Gasteiger partial charge in [-0.2, -0.15) is 4.31 Å². The van der Waals surface area contributed by atoms with Gasteiger partial charge in [0.05, 0.1) is 13.2 Å². The Morgan fingerprint density at radius 1 is 1.19 bits per heavy atom. The number of aryl methyl sites for hydroxylation is 1. The van der Waals surface area contributed by atoms with Crippen molar-refractivity contribution in [2.24, 2.45) is 7.05 Å². The molecule has 0 spiro atoms. The first-order chi connectivity index (χ1) is 12.3. The number of aromatic nitrogens is 1. The van der Waals surface area contributed by atoms with E-state index in [-0.39, 0.29) is 29.6 Å². The van der Waals surface area contributed by atoms with Gasteiger partial charge in [-0.25, -0.2) is 13.2 Å². The van der Waals surface area contributed by atoms with Crippen molar-refractivity contribution >= 4 is 21.9 Å². The minimum atomic E-state index is -3.87. The summed E-state index contributed by atoms with van der Waals surface area (Å²) < 4.78 is 32.9. The van der Waals surface area contributed by atoms with Crippen molar-refractivity contribution in [3.05, 3.63) is 18.0 Å². The topological polar surface area (TPSA) is 88.9 Å². The maximum Gasteiger partial charge on any atom is 0.354 e. The summed E-state index contributed by atoms with van der Waals surface area (Å²) in [5, 5.41) is 0. The molecule has 0 unspecified atom stereocenters. The molecule has 1 aromatic rings. The van der Waals surface area contributed by atoms with E-state index >= 15 is 0 Å². The van der Waals surface area contributed by atoms with Crippen LogP contribution in [0.5, 0.6) is 0 Å². The fourth-order valence-corrected chi connectivity index (χ4v) is 4.15. The van der Waals surface area contributed by atoms with Gasteiger partial charge in [0.2, 0.25) is 15.9 Å². The van der Waals surface area contributed by atoms with Crippen LogP contribution in [0.15, 0.2) is 17.2 Å². The first kappa shape index (κ1) is 20.4. The first-order valence-corrected chi connectivity index (χ1v) is 10.3. The molecule has 2 rings (SSSR count). The Balaban J connectivity index is 2.12. The van der Waals surface area contributed by atoms with Crippen molar-refractivity contribution in [1.29, 1.82) is 0 Å². The van der Waals surface area contributed by atoms with Crippen LogP contribution >= 0.6 is 0 Å². The third-order valence-corrected chi connectivity index (χ3v) is 6.26. The van der Waals surface area contributed by atoms with Gasteiger partial charge in [0.1, 0.15) is 10.6 Å². The quantitative estimate of drug-likeness (QED) is 0.687. The highest BCUT2D eigenvalue weighted by Gasteiger charge is 2.28. The standard InChI is InChI=1S/C17H27N3O5S/c1-4-25-17(22)15-11-14(12-18(15)2)26(23,24)19(3)13-16(21)20-9-7-5-6-8-10-20/h11-12H,4-10,13H2,1-3H3. The van der Waals surface area contributed by atoms with Crippen LogP contribution in [-0.4, -0.2) is 67.4 Å². The number of esters is 1. The Labute approximate surface area is 154 Å². The molecule has 2 heterocycles. The summed E-state index contributed by atoms with van der Waals surface area (Å²) in [5.41, 5.74) is 0.151. The van der Waals surface area contributed by atoms with E-state index in [9.17, 15) is 18.0 Å². The third-order valence-electron chi connectivity index (χ3n) is 4.49. The summed E-state index contributed by atoms with van der Waals surface area (Å²) in [5.74, 6) is -0.778. The molecule has 0 atom stereocenters. The number of rotatable bonds is 6. The monoisotopic (exact) mass is 385 g/mol. The van der Waals surface area contributed by atoms with Gasteiger partial charge >= 0.3 is 5.97 Å². The molecule has 1 aromatic heterocycles. The summed E-state index contributed by atoms with van der Waals surface area (Å²) in [4.78, 5) is 26.0. The van der Waals surface area contributed by atoms with Crippen LogP contribution < -0.4 is 0 Å². The highest BCUT2D eigenvalue weighted by Crippen LogP contribution is 2.19. The molecule has 0 saturated carbocycles. The van der Waals surface area contributed by atoms with Crippen molar-refractivity contribution in [1.82, 2.24) is 13.8 Å². The molecule has 0 bridgehead atoms. The normalized spacial score (nSPS) is 15.8. The smallest absolute Gasteiger partial charge is 0.354 e. The van der Waals surface area contributed by atoms with E-state index in [0.717, 1.165) is 30.0 Å². The fourth-order valence-electron chi connectivity index (χ4n) is 2.96. The number of likely N-dealkylation sites (tertiary alicyclic amines) is 1. The first-order valence-electron chi connectivity index (χ1n) is 8.85. The molecule has 0 radical (unpaired) electrons. The Morgan fingerprint density at radius 2 is 1.81 bits per heavy atom. The summed E-state index contributed by atoms with van der Waals surface area (Å²) in [6.45, 7) is 3.01. The van der Waals surface area contributed by atoms with E-state index in [1.807, 2.05) is 0 Å². The number of carbonyl (C=O) groups excluding carboxylic acids is 2. The summed E-state index contributed by atoms with van der Waals surface area (Å²) in [6, 6.07) is 1.28. The minimum absolute atomic E-state index is 0.0331. The number of likely N-dealkylation sites (N-methyl/N-ethyl adjacent to an activating group) is 1. The minimum Gasteiger partial charge on any atom is -0.461 e. The summed E-state index contributed by atoms with van der Waals surface area (Å²) >= 11 is 0. The zero-order valence-electron chi connectivity index (χ0n) is 15.6. The molecule has 1 aliphatic heterocycles. The molecule has 1 aliphatic rings. The number of sulfonamides is 1. The van der Waals surface area contributed by atoms with E-state index in [1.54, 1.807) is 18.9 Å². The van der Waals surface area contributed by atoms with Gasteiger partial charge in [0.15, 0.2) is 0 Å². The van der Waals surface area contributed by atoms with Crippen LogP contribution in [0.1, 0.15) is 43.1 Å².